The maximum Gasteiger partial charge on any atom is 0.250 e. The van der Waals surface area contributed by atoms with Crippen molar-refractivity contribution in [2.45, 2.75) is 25.3 Å². The first-order chi connectivity index (χ1) is 13.7. The minimum Gasteiger partial charge on any atom is -0.472 e. The molecule has 0 atom stereocenters. The van der Waals surface area contributed by atoms with E-state index in [0.717, 1.165) is 37.1 Å². The summed E-state index contributed by atoms with van der Waals surface area (Å²) in [6.45, 7) is 2.32. The zero-order valence-corrected chi connectivity index (χ0v) is 15.3. The molecule has 1 aliphatic rings. The summed E-state index contributed by atoms with van der Waals surface area (Å²) in [7, 11) is 0. The van der Waals surface area contributed by atoms with Crippen LogP contribution >= 0.6 is 0 Å². The predicted octanol–water partition coefficient (Wildman–Crippen LogP) is 2.96. The second kappa shape index (κ2) is 8.35. The van der Waals surface area contributed by atoms with E-state index in [2.05, 4.69) is 20.4 Å². The maximum absolute atomic E-state index is 12.9. The molecule has 2 aromatic heterocycles. The van der Waals surface area contributed by atoms with Crippen LogP contribution in [-0.4, -0.2) is 40.6 Å². The minimum absolute atomic E-state index is 0.0391. The highest BCUT2D eigenvalue weighted by atomic mass is 19.1. The van der Waals surface area contributed by atoms with Crippen molar-refractivity contribution in [3.8, 4) is 11.5 Å². The summed E-state index contributed by atoms with van der Waals surface area (Å²) in [6, 6.07) is 7.90. The van der Waals surface area contributed by atoms with Gasteiger partial charge in [-0.1, -0.05) is 12.1 Å². The van der Waals surface area contributed by atoms with Crippen molar-refractivity contribution in [1.29, 1.82) is 0 Å². The van der Waals surface area contributed by atoms with Crippen molar-refractivity contribution >= 4 is 5.91 Å². The molecule has 3 aromatic rings. The lowest BCUT2D eigenvalue weighted by Crippen LogP contribution is -2.41. The Kier molecular flexibility index (Phi) is 5.48. The molecule has 0 bridgehead atoms. The van der Waals surface area contributed by atoms with Gasteiger partial charge in [0.25, 0.3) is 5.89 Å². The third-order valence-electron chi connectivity index (χ3n) is 4.92. The molecule has 0 radical (unpaired) electrons. The van der Waals surface area contributed by atoms with Crippen molar-refractivity contribution in [2.24, 2.45) is 0 Å². The van der Waals surface area contributed by atoms with Crippen molar-refractivity contribution in [2.75, 3.05) is 19.6 Å². The number of nitrogens with one attached hydrogen (secondary N) is 1. The molecule has 3 heterocycles. The van der Waals surface area contributed by atoms with Gasteiger partial charge in [0.2, 0.25) is 11.8 Å². The number of carbonyl (C=O) groups excluding carboxylic acids is 1. The number of rotatable bonds is 6. The van der Waals surface area contributed by atoms with E-state index in [1.807, 2.05) is 0 Å². The van der Waals surface area contributed by atoms with Crippen LogP contribution in [0.1, 0.15) is 30.2 Å². The van der Waals surface area contributed by atoms with Gasteiger partial charge < -0.3 is 14.2 Å². The number of carbonyl (C=O) groups is 1. The summed E-state index contributed by atoms with van der Waals surface area (Å²) in [5, 5.41) is 11.1. The monoisotopic (exact) mass is 384 g/mol. The van der Waals surface area contributed by atoms with Gasteiger partial charge in [0, 0.05) is 12.5 Å². The zero-order chi connectivity index (χ0) is 19.3. The Morgan fingerprint density at radius 3 is 2.68 bits per heavy atom. The molecule has 1 saturated heterocycles. The van der Waals surface area contributed by atoms with E-state index >= 15 is 0 Å². The number of hydrogen-bond acceptors (Lipinski definition) is 6. The van der Waals surface area contributed by atoms with Crippen LogP contribution in [0.15, 0.2) is 51.7 Å². The first kappa shape index (κ1) is 18.4. The van der Waals surface area contributed by atoms with E-state index < -0.39 is 0 Å². The van der Waals surface area contributed by atoms with Crippen molar-refractivity contribution in [1.82, 2.24) is 20.4 Å². The van der Waals surface area contributed by atoms with Gasteiger partial charge >= 0.3 is 0 Å². The lowest BCUT2D eigenvalue weighted by atomic mass is 9.97. The number of halogens is 1. The first-order valence-electron chi connectivity index (χ1n) is 9.27. The number of benzene rings is 1. The van der Waals surface area contributed by atoms with E-state index in [0.29, 0.717) is 24.9 Å². The Balaban J connectivity index is 1.23. The molecule has 8 heteroatoms. The number of piperidine rings is 1. The van der Waals surface area contributed by atoms with E-state index in [1.54, 1.807) is 30.7 Å². The molecule has 28 heavy (non-hydrogen) atoms. The minimum atomic E-state index is -0.281. The molecule has 4 rings (SSSR count). The summed E-state index contributed by atoms with van der Waals surface area (Å²) in [6.07, 6.45) is 4.86. The molecule has 1 amide bonds. The molecule has 1 aromatic carbocycles. The highest BCUT2D eigenvalue weighted by Crippen LogP contribution is 2.29. The quantitative estimate of drug-likeness (QED) is 0.703. The summed E-state index contributed by atoms with van der Waals surface area (Å²) < 4.78 is 23.7. The van der Waals surface area contributed by atoms with Gasteiger partial charge in [0.1, 0.15) is 12.1 Å². The Bertz CT molecular complexity index is 900. The van der Waals surface area contributed by atoms with E-state index in [1.165, 1.54) is 12.1 Å². The normalized spacial score (nSPS) is 15.6. The highest BCUT2D eigenvalue weighted by molar-refractivity contribution is 5.78. The maximum atomic E-state index is 12.9. The Morgan fingerprint density at radius 1 is 1.18 bits per heavy atom. The molecule has 1 fully saturated rings. The first-order valence-corrected chi connectivity index (χ1v) is 9.27. The second-order valence-electron chi connectivity index (χ2n) is 6.91. The Morgan fingerprint density at radius 2 is 1.96 bits per heavy atom. The zero-order valence-electron chi connectivity index (χ0n) is 15.3. The average Bonchev–Trinajstić information content (AvgIpc) is 3.40. The summed E-state index contributed by atoms with van der Waals surface area (Å²) in [4.78, 5) is 14.3. The predicted molar refractivity (Wildman–Crippen MR) is 98.7 cm³/mol. The molecule has 1 aliphatic heterocycles. The fraction of sp³-hybridized carbons (Fsp3) is 0.350. The molecular weight excluding hydrogens is 363 g/mol. The number of aromatic nitrogens is 2. The smallest absolute Gasteiger partial charge is 0.250 e. The highest BCUT2D eigenvalue weighted by Gasteiger charge is 2.26. The lowest BCUT2D eigenvalue weighted by molar-refractivity contribution is -0.122. The Labute approximate surface area is 161 Å². The lowest BCUT2D eigenvalue weighted by Gasteiger charge is -2.29. The molecule has 146 valence electrons. The van der Waals surface area contributed by atoms with Crippen LogP contribution < -0.4 is 5.32 Å². The fourth-order valence-electron chi connectivity index (χ4n) is 3.30. The molecule has 7 nitrogen and oxygen atoms in total. The third kappa shape index (κ3) is 4.45. The molecule has 0 aliphatic carbocycles. The number of nitrogens with zero attached hydrogens (tertiary/aromatic N) is 3. The van der Waals surface area contributed by atoms with Crippen molar-refractivity contribution in [3.05, 3.63) is 60.1 Å². The van der Waals surface area contributed by atoms with Gasteiger partial charge in [-0.15, -0.1) is 10.2 Å². The number of furan rings is 1. The molecular formula is C20H21FN4O3. The van der Waals surface area contributed by atoms with E-state index in [-0.39, 0.29) is 17.6 Å². The van der Waals surface area contributed by atoms with Crippen LogP contribution in [0.2, 0.25) is 0 Å². The molecule has 0 saturated carbocycles. The topological polar surface area (TPSA) is 84.4 Å². The fourth-order valence-corrected chi connectivity index (χ4v) is 3.30. The van der Waals surface area contributed by atoms with E-state index in [4.69, 9.17) is 8.83 Å². The summed E-state index contributed by atoms with van der Waals surface area (Å²) in [5.41, 5.74) is 1.65. The van der Waals surface area contributed by atoms with Crippen LogP contribution in [0.3, 0.4) is 0 Å². The van der Waals surface area contributed by atoms with Gasteiger partial charge in [0.05, 0.1) is 18.4 Å². The summed E-state index contributed by atoms with van der Waals surface area (Å²) >= 11 is 0. The van der Waals surface area contributed by atoms with Crippen LogP contribution in [0, 0.1) is 5.82 Å². The van der Waals surface area contributed by atoms with Crippen LogP contribution in [0.5, 0.6) is 0 Å². The third-order valence-corrected chi connectivity index (χ3v) is 4.92. The average molecular weight is 384 g/mol. The van der Waals surface area contributed by atoms with Crippen LogP contribution in [-0.2, 0) is 11.3 Å². The van der Waals surface area contributed by atoms with Crippen molar-refractivity contribution in [3.63, 3.8) is 0 Å². The number of likely N-dealkylation sites (tertiary alicyclic amines) is 1. The SMILES string of the molecule is O=C(CN1CCC(c2nnc(-c3ccoc3)o2)CC1)NCc1ccc(F)cc1. The largest absolute Gasteiger partial charge is 0.472 e. The molecule has 0 unspecified atom stereocenters. The van der Waals surface area contributed by atoms with Crippen molar-refractivity contribution < 1.29 is 18.0 Å². The molecule has 0 spiro atoms. The number of hydrogen-bond donors (Lipinski definition) is 1. The van der Waals surface area contributed by atoms with Crippen LogP contribution in [0.4, 0.5) is 4.39 Å². The van der Waals surface area contributed by atoms with E-state index in [9.17, 15) is 9.18 Å². The van der Waals surface area contributed by atoms with Crippen LogP contribution in [0.25, 0.3) is 11.5 Å². The second-order valence-corrected chi connectivity index (χ2v) is 6.91. The van der Waals surface area contributed by atoms with Gasteiger partial charge in [0.15, 0.2) is 0 Å². The van der Waals surface area contributed by atoms with Gasteiger partial charge in [-0.2, -0.15) is 0 Å². The van der Waals surface area contributed by atoms with Gasteiger partial charge in [-0.25, -0.2) is 4.39 Å². The van der Waals surface area contributed by atoms with Gasteiger partial charge in [-0.05, 0) is 49.7 Å². The standard InChI is InChI=1S/C20H21FN4O3/c21-17-3-1-14(2-4-17)11-22-18(26)12-25-8-5-15(6-9-25)19-23-24-20(28-19)16-7-10-27-13-16/h1-4,7,10,13,15H,5-6,8-9,11-12H2,(H,22,26). The number of amides is 1. The van der Waals surface area contributed by atoms with Gasteiger partial charge in [-0.3, -0.25) is 9.69 Å². The molecule has 1 N–H and O–H groups in total. The summed E-state index contributed by atoms with van der Waals surface area (Å²) in [5.74, 6) is 0.980. The Hall–Kier alpha value is -3.00.